The number of fused-ring (bicyclic) bond motifs is 3. The van der Waals surface area contributed by atoms with Gasteiger partial charge in [-0.1, -0.05) is 12.1 Å². The van der Waals surface area contributed by atoms with Gasteiger partial charge >= 0.3 is 6.18 Å². The first-order valence-corrected chi connectivity index (χ1v) is 13.0. The zero-order valence-electron chi connectivity index (χ0n) is 20.6. The average Bonchev–Trinajstić information content (AvgIpc) is 3.37. The molecule has 2 saturated heterocycles. The number of pyridine rings is 2. The molecule has 1 unspecified atom stereocenters. The number of rotatable bonds is 4. The Hall–Kier alpha value is -3.11. The maximum Gasteiger partial charge on any atom is 0.406 e. The molecule has 0 saturated carbocycles. The summed E-state index contributed by atoms with van der Waals surface area (Å²) in [7, 11) is 0. The zero-order chi connectivity index (χ0) is 25.6. The van der Waals surface area contributed by atoms with Crippen molar-refractivity contribution in [3.8, 4) is 11.1 Å². The van der Waals surface area contributed by atoms with E-state index in [-0.39, 0.29) is 18.3 Å². The Morgan fingerprint density at radius 3 is 2.68 bits per heavy atom. The Morgan fingerprint density at radius 2 is 1.92 bits per heavy atom. The molecule has 0 spiro atoms. The summed E-state index contributed by atoms with van der Waals surface area (Å²) in [5.41, 5.74) is 5.43. The van der Waals surface area contributed by atoms with Crippen molar-refractivity contribution in [1.82, 2.24) is 14.6 Å². The number of alkyl halides is 3. The average molecular weight is 514 g/mol. The third kappa shape index (κ3) is 4.68. The number of ether oxygens (including phenoxy) is 1. The first-order chi connectivity index (χ1) is 17.9. The van der Waals surface area contributed by atoms with Crippen molar-refractivity contribution in [3.05, 3.63) is 52.4 Å². The lowest BCUT2D eigenvalue weighted by atomic mass is 10.0. The van der Waals surface area contributed by atoms with Crippen LogP contribution in [-0.2, 0) is 17.8 Å². The number of piperidine rings is 1. The molecule has 1 N–H and O–H groups in total. The molecule has 5 heterocycles. The first kappa shape index (κ1) is 24.2. The van der Waals surface area contributed by atoms with Gasteiger partial charge in [0.15, 0.2) is 0 Å². The summed E-state index contributed by atoms with van der Waals surface area (Å²) in [5.74, 6) is 0.825. The van der Waals surface area contributed by atoms with Crippen LogP contribution in [0.4, 0.5) is 24.7 Å². The Kier molecular flexibility index (Phi) is 6.32. The highest BCUT2D eigenvalue weighted by molar-refractivity contribution is 5.97. The number of benzene rings is 1. The Morgan fingerprint density at radius 1 is 1.08 bits per heavy atom. The SMILES string of the molecule is O=c1c2c(c3ccc(-c4cccnc4N4CCCCC4)cc3n1CC(F)(F)F)NN(C1CCCCO1)C2. The van der Waals surface area contributed by atoms with E-state index in [4.69, 9.17) is 4.74 Å². The van der Waals surface area contributed by atoms with E-state index < -0.39 is 18.3 Å². The summed E-state index contributed by atoms with van der Waals surface area (Å²) < 4.78 is 47.8. The fraction of sp³-hybridized carbons (Fsp3) is 0.481. The number of hydrogen-bond acceptors (Lipinski definition) is 6. The molecule has 3 aliphatic rings. The van der Waals surface area contributed by atoms with Crippen molar-refractivity contribution in [2.75, 3.05) is 30.0 Å². The lowest BCUT2D eigenvalue weighted by Crippen LogP contribution is -2.40. The summed E-state index contributed by atoms with van der Waals surface area (Å²) in [6, 6.07) is 9.22. The van der Waals surface area contributed by atoms with Crippen molar-refractivity contribution >= 4 is 22.4 Å². The van der Waals surface area contributed by atoms with Crippen molar-refractivity contribution in [2.24, 2.45) is 0 Å². The maximum absolute atomic E-state index is 13.7. The van der Waals surface area contributed by atoms with Gasteiger partial charge in [-0.05, 0) is 62.3 Å². The smallest absolute Gasteiger partial charge is 0.361 e. The molecule has 3 aliphatic heterocycles. The van der Waals surface area contributed by atoms with Crippen LogP contribution in [0.3, 0.4) is 0 Å². The third-order valence-electron chi connectivity index (χ3n) is 7.54. The van der Waals surface area contributed by atoms with Crippen LogP contribution in [0.5, 0.6) is 0 Å². The normalized spacial score (nSPS) is 20.7. The van der Waals surface area contributed by atoms with E-state index >= 15 is 0 Å². The van der Waals surface area contributed by atoms with Crippen LogP contribution in [0.25, 0.3) is 22.0 Å². The second kappa shape index (κ2) is 9.64. The van der Waals surface area contributed by atoms with Gasteiger partial charge < -0.3 is 15.1 Å². The molecule has 0 amide bonds. The van der Waals surface area contributed by atoms with Gasteiger partial charge in [-0.3, -0.25) is 9.36 Å². The standard InChI is InChI=1S/C27H30F3N5O2/c28-27(29,30)17-34-22-15-18(19-7-6-11-31-25(19)33-12-3-1-4-13-33)9-10-20(22)24-21(26(34)36)16-35(32-24)23-8-2-5-14-37-23/h6-7,9-11,15,23,32H,1-5,8,12-14,16-17H2. The quantitative estimate of drug-likeness (QED) is 0.512. The molecule has 1 atom stereocenters. The molecular formula is C27H30F3N5O2. The number of halogens is 3. The molecule has 0 aliphatic carbocycles. The van der Waals surface area contributed by atoms with Crippen LogP contribution >= 0.6 is 0 Å². The van der Waals surface area contributed by atoms with Crippen molar-refractivity contribution in [1.29, 1.82) is 0 Å². The van der Waals surface area contributed by atoms with Gasteiger partial charge in [0, 0.05) is 36.8 Å². The summed E-state index contributed by atoms with van der Waals surface area (Å²) in [6.45, 7) is 1.28. The fourth-order valence-corrected chi connectivity index (χ4v) is 5.76. The summed E-state index contributed by atoms with van der Waals surface area (Å²) in [6.07, 6.45) is 3.13. The highest BCUT2D eigenvalue weighted by atomic mass is 19.4. The second-order valence-corrected chi connectivity index (χ2v) is 10.1. The number of nitrogens with one attached hydrogen (secondary N) is 1. The molecule has 1 aromatic carbocycles. The van der Waals surface area contributed by atoms with E-state index in [0.29, 0.717) is 23.2 Å². The largest absolute Gasteiger partial charge is 0.406 e. The lowest BCUT2D eigenvalue weighted by molar-refractivity contribution is -0.140. The lowest BCUT2D eigenvalue weighted by Gasteiger charge is -2.30. The highest BCUT2D eigenvalue weighted by Gasteiger charge is 2.35. The molecule has 6 rings (SSSR count). The predicted molar refractivity (Wildman–Crippen MR) is 136 cm³/mol. The third-order valence-corrected chi connectivity index (χ3v) is 7.54. The van der Waals surface area contributed by atoms with Gasteiger partial charge in [0.2, 0.25) is 0 Å². The van der Waals surface area contributed by atoms with E-state index in [0.717, 1.165) is 66.7 Å². The van der Waals surface area contributed by atoms with Crippen LogP contribution in [0.1, 0.15) is 44.1 Å². The number of nitrogens with zero attached hydrogens (tertiary/aromatic N) is 4. The Balaban J connectivity index is 1.47. The molecule has 2 fully saturated rings. The number of hydrogen-bond donors (Lipinski definition) is 1. The topological polar surface area (TPSA) is 62.6 Å². The number of hydrazine groups is 1. The van der Waals surface area contributed by atoms with E-state index in [2.05, 4.69) is 15.3 Å². The molecule has 37 heavy (non-hydrogen) atoms. The van der Waals surface area contributed by atoms with Gasteiger partial charge in [0.1, 0.15) is 18.6 Å². The van der Waals surface area contributed by atoms with Gasteiger partial charge in [0.05, 0.1) is 23.3 Å². The van der Waals surface area contributed by atoms with Crippen LogP contribution in [-0.4, -0.2) is 46.7 Å². The van der Waals surface area contributed by atoms with E-state index in [1.165, 1.54) is 6.42 Å². The summed E-state index contributed by atoms with van der Waals surface area (Å²) in [4.78, 5) is 20.3. The molecular weight excluding hydrogens is 483 g/mol. The number of aromatic nitrogens is 2. The van der Waals surface area contributed by atoms with E-state index in [1.807, 2.05) is 29.3 Å². The van der Waals surface area contributed by atoms with Crippen LogP contribution < -0.4 is 15.9 Å². The van der Waals surface area contributed by atoms with Gasteiger partial charge in [-0.25, -0.2) is 4.98 Å². The zero-order valence-corrected chi connectivity index (χ0v) is 20.6. The minimum Gasteiger partial charge on any atom is -0.361 e. The Bertz CT molecular complexity index is 1360. The minimum absolute atomic E-state index is 0.204. The first-order valence-electron chi connectivity index (χ1n) is 13.0. The van der Waals surface area contributed by atoms with E-state index in [1.54, 1.807) is 12.3 Å². The van der Waals surface area contributed by atoms with E-state index in [9.17, 15) is 18.0 Å². The molecule has 0 radical (unpaired) electrons. The molecule has 3 aromatic rings. The molecule has 7 nitrogen and oxygen atoms in total. The van der Waals surface area contributed by atoms with Gasteiger partial charge in [0.25, 0.3) is 5.56 Å². The molecule has 196 valence electrons. The van der Waals surface area contributed by atoms with Crippen molar-refractivity contribution < 1.29 is 17.9 Å². The van der Waals surface area contributed by atoms with Crippen LogP contribution in [0.2, 0.25) is 0 Å². The monoisotopic (exact) mass is 513 g/mol. The van der Waals surface area contributed by atoms with Crippen LogP contribution in [0.15, 0.2) is 41.3 Å². The fourth-order valence-electron chi connectivity index (χ4n) is 5.76. The van der Waals surface area contributed by atoms with Gasteiger partial charge in [-0.2, -0.15) is 18.2 Å². The van der Waals surface area contributed by atoms with Crippen LogP contribution in [0, 0.1) is 0 Å². The second-order valence-electron chi connectivity index (χ2n) is 10.1. The molecule has 2 aromatic heterocycles. The minimum atomic E-state index is -4.54. The molecule has 0 bridgehead atoms. The number of anilines is 2. The van der Waals surface area contributed by atoms with Crippen molar-refractivity contribution in [3.63, 3.8) is 0 Å². The Labute approximate surface area is 212 Å². The summed E-state index contributed by atoms with van der Waals surface area (Å²) >= 11 is 0. The highest BCUT2D eigenvalue weighted by Crippen LogP contribution is 2.38. The predicted octanol–water partition coefficient (Wildman–Crippen LogP) is 5.29. The van der Waals surface area contributed by atoms with Gasteiger partial charge in [-0.15, -0.1) is 0 Å². The maximum atomic E-state index is 13.7. The summed E-state index contributed by atoms with van der Waals surface area (Å²) in [5, 5.41) is 2.43. The van der Waals surface area contributed by atoms with Crippen molar-refractivity contribution in [2.45, 2.75) is 64.0 Å². The molecule has 10 heteroatoms.